The van der Waals surface area contributed by atoms with Crippen molar-refractivity contribution in [3.8, 4) is 0 Å². The zero-order chi connectivity index (χ0) is 4.24. The molecule has 0 aliphatic carbocycles. The van der Waals surface area contributed by atoms with Crippen LogP contribution in [0.1, 0.15) is 6.42 Å². The van der Waals surface area contributed by atoms with Gasteiger partial charge in [0.25, 0.3) is 0 Å². The molecule has 1 saturated heterocycles. The Labute approximate surface area is 37.4 Å². The minimum atomic E-state index is 0.639. The number of hydroxylamine groups is 1. The van der Waals surface area contributed by atoms with Gasteiger partial charge >= 0.3 is 0 Å². The highest BCUT2D eigenvalue weighted by molar-refractivity contribution is 4.65. The Hall–Kier alpha value is -0.0800. The van der Waals surface area contributed by atoms with Crippen molar-refractivity contribution in [2.24, 2.45) is 0 Å². The largest absolute Gasteiger partial charge is 0.301 e. The Balaban J connectivity index is 2.00. The molecule has 2 heteroatoms. The van der Waals surface area contributed by atoms with Crippen molar-refractivity contribution in [2.45, 2.75) is 6.42 Å². The van der Waals surface area contributed by atoms with Crippen molar-refractivity contribution in [1.29, 1.82) is 0 Å². The minimum absolute atomic E-state index is 0.639. The summed E-state index contributed by atoms with van der Waals surface area (Å²) in [4.78, 5) is 4.71. The molecule has 1 aliphatic rings. The van der Waals surface area contributed by atoms with E-state index in [4.69, 9.17) is 4.84 Å². The topological polar surface area (TPSA) is 21.3 Å². The molecule has 2 radical (unpaired) electrons. The van der Waals surface area contributed by atoms with Crippen LogP contribution in [-0.2, 0) is 4.84 Å². The van der Waals surface area contributed by atoms with Crippen molar-refractivity contribution in [1.82, 2.24) is 5.48 Å². The quantitative estimate of drug-likeness (QED) is 0.446. The van der Waals surface area contributed by atoms with Gasteiger partial charge in [-0.15, -0.1) is 0 Å². The molecule has 0 amide bonds. The van der Waals surface area contributed by atoms with E-state index in [9.17, 15) is 0 Å². The molecule has 1 aliphatic heterocycles. The lowest BCUT2D eigenvalue weighted by molar-refractivity contribution is 0.0365. The normalized spacial score (nSPS) is 24.0. The molecule has 1 fully saturated rings. The van der Waals surface area contributed by atoms with Crippen LogP contribution in [0, 0.1) is 6.42 Å². The summed E-state index contributed by atoms with van der Waals surface area (Å²) < 4.78 is 0. The first-order valence-electron chi connectivity index (χ1n) is 2.05. The highest BCUT2D eigenvalue weighted by Crippen LogP contribution is 1.89. The van der Waals surface area contributed by atoms with Crippen LogP contribution in [0.5, 0.6) is 0 Å². The van der Waals surface area contributed by atoms with Gasteiger partial charge in [-0.3, -0.25) is 0 Å². The first kappa shape index (κ1) is 4.09. The molecule has 2 nitrogen and oxygen atoms in total. The summed E-state index contributed by atoms with van der Waals surface area (Å²) >= 11 is 0. The molecule has 1 heterocycles. The van der Waals surface area contributed by atoms with Gasteiger partial charge in [-0.2, -0.15) is 0 Å². The summed E-state index contributed by atoms with van der Waals surface area (Å²) in [5.41, 5.74) is 2.72. The molecular formula is C4H7NO. The molecule has 1 N–H and O–H groups in total. The summed E-state index contributed by atoms with van der Waals surface area (Å²) in [5, 5.41) is 0. The third-order valence-electron chi connectivity index (χ3n) is 0.680. The zero-order valence-corrected chi connectivity index (χ0v) is 3.53. The number of rotatable bonds is 0. The number of hydrogen-bond donors (Lipinski definition) is 1. The molecule has 0 aromatic heterocycles. The molecule has 6 heavy (non-hydrogen) atoms. The third-order valence-corrected chi connectivity index (χ3v) is 0.680. The maximum atomic E-state index is 4.71. The minimum Gasteiger partial charge on any atom is -0.301 e. The lowest BCUT2D eigenvalue weighted by atomic mass is 10.3. The van der Waals surface area contributed by atoms with Gasteiger partial charge in [0, 0.05) is 13.0 Å². The fourth-order valence-corrected chi connectivity index (χ4v) is 0.386. The third kappa shape index (κ3) is 0.954. The summed E-state index contributed by atoms with van der Waals surface area (Å²) in [6.45, 7) is 1.56. The van der Waals surface area contributed by atoms with Crippen molar-refractivity contribution < 1.29 is 4.84 Å². The second kappa shape index (κ2) is 2.16. The smallest absolute Gasteiger partial charge is 0.0751 e. The van der Waals surface area contributed by atoms with Crippen LogP contribution in [0.15, 0.2) is 0 Å². The van der Waals surface area contributed by atoms with Crippen LogP contribution in [0.25, 0.3) is 0 Å². The summed E-state index contributed by atoms with van der Waals surface area (Å²) in [6.07, 6.45) is 4.01. The molecule has 0 aromatic carbocycles. The zero-order valence-electron chi connectivity index (χ0n) is 3.53. The molecular weight excluding hydrogens is 78.0 g/mol. The Bertz CT molecular complexity index is 23.0. The van der Waals surface area contributed by atoms with Crippen molar-refractivity contribution in [2.75, 3.05) is 13.2 Å². The lowest BCUT2D eigenvalue weighted by Gasteiger charge is -2.08. The summed E-state index contributed by atoms with van der Waals surface area (Å²) in [5.74, 6) is 0. The van der Waals surface area contributed by atoms with Gasteiger partial charge in [0.1, 0.15) is 0 Å². The SMILES string of the molecule is [C]1CCNOC1. The fourth-order valence-electron chi connectivity index (χ4n) is 0.386. The summed E-state index contributed by atoms with van der Waals surface area (Å²) in [6, 6.07) is 0. The molecule has 0 bridgehead atoms. The molecule has 0 aromatic rings. The van der Waals surface area contributed by atoms with Crippen LogP contribution in [0.4, 0.5) is 0 Å². The highest BCUT2D eigenvalue weighted by Gasteiger charge is 1.94. The Morgan fingerprint density at radius 2 is 2.67 bits per heavy atom. The van der Waals surface area contributed by atoms with E-state index in [1.807, 2.05) is 0 Å². The van der Waals surface area contributed by atoms with Gasteiger partial charge in [-0.25, -0.2) is 5.48 Å². The maximum Gasteiger partial charge on any atom is 0.0751 e. The van der Waals surface area contributed by atoms with Crippen LogP contribution < -0.4 is 5.48 Å². The van der Waals surface area contributed by atoms with Gasteiger partial charge in [-0.05, 0) is 6.42 Å². The van der Waals surface area contributed by atoms with Crippen molar-refractivity contribution in [3.63, 3.8) is 0 Å². The summed E-state index contributed by atoms with van der Waals surface area (Å²) in [7, 11) is 0. The van der Waals surface area contributed by atoms with Gasteiger partial charge < -0.3 is 4.84 Å². The predicted molar refractivity (Wildman–Crippen MR) is 21.8 cm³/mol. The standard InChI is InChI=1S/C4H7NO/c1-2-4-6-5-3-1/h5H,1,3-4H2. The van der Waals surface area contributed by atoms with Gasteiger partial charge in [0.05, 0.1) is 6.61 Å². The monoisotopic (exact) mass is 85.1 g/mol. The van der Waals surface area contributed by atoms with E-state index in [0.717, 1.165) is 13.0 Å². The van der Waals surface area contributed by atoms with E-state index < -0.39 is 0 Å². The molecule has 0 saturated carbocycles. The van der Waals surface area contributed by atoms with Crippen molar-refractivity contribution >= 4 is 0 Å². The first-order chi connectivity index (χ1) is 3.00. The number of nitrogens with one attached hydrogen (secondary N) is 1. The fraction of sp³-hybridized carbons (Fsp3) is 0.750. The second-order valence-electron chi connectivity index (χ2n) is 1.18. The van der Waals surface area contributed by atoms with E-state index in [0.29, 0.717) is 6.61 Å². The second-order valence-corrected chi connectivity index (χ2v) is 1.18. The Morgan fingerprint density at radius 3 is 2.83 bits per heavy atom. The van der Waals surface area contributed by atoms with Crippen molar-refractivity contribution in [3.05, 3.63) is 6.42 Å². The van der Waals surface area contributed by atoms with E-state index in [-0.39, 0.29) is 0 Å². The van der Waals surface area contributed by atoms with Gasteiger partial charge in [0.15, 0.2) is 0 Å². The number of hydrogen-bond acceptors (Lipinski definition) is 2. The Morgan fingerprint density at radius 1 is 1.67 bits per heavy atom. The van der Waals surface area contributed by atoms with E-state index >= 15 is 0 Å². The molecule has 34 valence electrons. The van der Waals surface area contributed by atoms with Crippen LogP contribution >= 0.6 is 0 Å². The predicted octanol–water partition coefficient (Wildman–Crippen LogP) is -0.00741. The average molecular weight is 85.1 g/mol. The molecule has 0 unspecified atom stereocenters. The van der Waals surface area contributed by atoms with Gasteiger partial charge in [-0.1, -0.05) is 0 Å². The van der Waals surface area contributed by atoms with Crippen LogP contribution in [0.3, 0.4) is 0 Å². The average Bonchev–Trinajstić information content (AvgIpc) is 1.72. The Kier molecular flexibility index (Phi) is 1.47. The van der Waals surface area contributed by atoms with E-state index in [1.165, 1.54) is 0 Å². The maximum absolute atomic E-state index is 4.71. The van der Waals surface area contributed by atoms with E-state index in [2.05, 4.69) is 11.9 Å². The van der Waals surface area contributed by atoms with Gasteiger partial charge in [0.2, 0.25) is 0 Å². The molecule has 0 spiro atoms. The lowest BCUT2D eigenvalue weighted by Crippen LogP contribution is -2.22. The highest BCUT2D eigenvalue weighted by atomic mass is 16.6. The van der Waals surface area contributed by atoms with Crippen LogP contribution in [-0.4, -0.2) is 13.2 Å². The van der Waals surface area contributed by atoms with Crippen LogP contribution in [0.2, 0.25) is 0 Å². The first-order valence-corrected chi connectivity index (χ1v) is 2.05. The van der Waals surface area contributed by atoms with E-state index in [1.54, 1.807) is 0 Å². The molecule has 0 atom stereocenters. The molecule has 1 rings (SSSR count).